The molecule has 2 fully saturated rings. The molecule has 29 heavy (non-hydrogen) atoms. The molecule has 0 aliphatic carbocycles. The summed E-state index contributed by atoms with van der Waals surface area (Å²) in [7, 11) is 0. The van der Waals surface area contributed by atoms with E-state index in [4.69, 9.17) is 9.47 Å². The molecule has 2 aromatic rings. The fourth-order valence-corrected chi connectivity index (χ4v) is 3.66. The maximum atomic E-state index is 13.8. The first-order valence-electron chi connectivity index (χ1n) is 9.16. The number of nitrogens with zero attached hydrogens (tertiary/aromatic N) is 4. The number of carbonyl (C=O) groups is 1. The van der Waals surface area contributed by atoms with Crippen molar-refractivity contribution in [2.24, 2.45) is 5.92 Å². The molecule has 0 radical (unpaired) electrons. The normalized spacial score (nSPS) is 21.0. The molecule has 4 rings (SSSR count). The zero-order valence-electron chi connectivity index (χ0n) is 15.2. The standard InChI is InChI=1S/C18H18F4N4O3/c19-12-3-5-13(6-4-12)26-15(18(20,21)22)14(23-24-26)16(27)25-7-1-2-11(10-25)17-28-8-9-29-17/h3-6,11,17H,1-2,7-10H2. The van der Waals surface area contributed by atoms with Gasteiger partial charge in [-0.3, -0.25) is 4.79 Å². The third kappa shape index (κ3) is 3.97. The average Bonchev–Trinajstić information content (AvgIpc) is 3.38. The van der Waals surface area contributed by atoms with Crippen molar-refractivity contribution in [1.29, 1.82) is 0 Å². The van der Waals surface area contributed by atoms with Crippen molar-refractivity contribution in [2.75, 3.05) is 26.3 Å². The Kier molecular flexibility index (Phi) is 5.26. The Balaban J connectivity index is 1.63. The van der Waals surface area contributed by atoms with E-state index in [1.165, 1.54) is 4.90 Å². The van der Waals surface area contributed by atoms with Crippen molar-refractivity contribution in [3.05, 3.63) is 41.5 Å². The number of aromatic nitrogens is 3. The maximum Gasteiger partial charge on any atom is 0.435 e. The molecule has 2 saturated heterocycles. The van der Waals surface area contributed by atoms with E-state index < -0.39 is 35.6 Å². The lowest BCUT2D eigenvalue weighted by Crippen LogP contribution is -2.44. The average molecular weight is 414 g/mol. The monoisotopic (exact) mass is 414 g/mol. The molecule has 0 bridgehead atoms. The molecule has 0 N–H and O–H groups in total. The number of benzene rings is 1. The Hall–Kier alpha value is -2.53. The van der Waals surface area contributed by atoms with E-state index in [2.05, 4.69) is 10.3 Å². The predicted molar refractivity (Wildman–Crippen MR) is 90.6 cm³/mol. The van der Waals surface area contributed by atoms with Gasteiger partial charge in [0.2, 0.25) is 0 Å². The first-order chi connectivity index (χ1) is 13.8. The number of piperidine rings is 1. The zero-order chi connectivity index (χ0) is 20.6. The topological polar surface area (TPSA) is 69.5 Å². The second kappa shape index (κ2) is 7.71. The number of rotatable bonds is 3. The van der Waals surface area contributed by atoms with Crippen LogP contribution in [0.5, 0.6) is 0 Å². The van der Waals surface area contributed by atoms with E-state index in [1.807, 2.05) is 0 Å². The van der Waals surface area contributed by atoms with Crippen molar-refractivity contribution in [3.8, 4) is 5.69 Å². The van der Waals surface area contributed by atoms with Crippen LogP contribution in [-0.4, -0.2) is 58.4 Å². The zero-order valence-corrected chi connectivity index (χ0v) is 15.2. The van der Waals surface area contributed by atoms with Crippen molar-refractivity contribution >= 4 is 5.91 Å². The van der Waals surface area contributed by atoms with E-state index in [9.17, 15) is 22.4 Å². The summed E-state index contributed by atoms with van der Waals surface area (Å²) in [6, 6.07) is 4.30. The minimum absolute atomic E-state index is 0.0467. The molecular weight excluding hydrogens is 396 g/mol. The Morgan fingerprint density at radius 2 is 1.83 bits per heavy atom. The molecule has 2 aliphatic heterocycles. The van der Waals surface area contributed by atoms with Crippen LogP contribution in [0.3, 0.4) is 0 Å². The van der Waals surface area contributed by atoms with E-state index in [-0.39, 0.29) is 18.2 Å². The van der Waals surface area contributed by atoms with Crippen LogP contribution in [0.2, 0.25) is 0 Å². The lowest BCUT2D eigenvalue weighted by atomic mass is 9.97. The first kappa shape index (κ1) is 19.8. The Labute approximate surface area is 163 Å². The Morgan fingerprint density at radius 1 is 1.14 bits per heavy atom. The number of likely N-dealkylation sites (tertiary alicyclic amines) is 1. The van der Waals surface area contributed by atoms with Gasteiger partial charge in [0.1, 0.15) is 5.82 Å². The smallest absolute Gasteiger partial charge is 0.350 e. The summed E-state index contributed by atoms with van der Waals surface area (Å²) in [5.41, 5.74) is -2.12. The highest BCUT2D eigenvalue weighted by molar-refractivity contribution is 5.93. The second-order valence-corrected chi connectivity index (χ2v) is 6.94. The van der Waals surface area contributed by atoms with Crippen LogP contribution in [0.4, 0.5) is 17.6 Å². The quantitative estimate of drug-likeness (QED) is 0.723. The number of halogens is 4. The fraction of sp³-hybridized carbons (Fsp3) is 0.500. The molecule has 1 amide bonds. The molecule has 1 aromatic carbocycles. The third-order valence-electron chi connectivity index (χ3n) is 4.99. The summed E-state index contributed by atoms with van der Waals surface area (Å²) in [5.74, 6) is -1.57. The van der Waals surface area contributed by atoms with E-state index in [1.54, 1.807) is 0 Å². The molecule has 11 heteroatoms. The molecular formula is C18H18F4N4O3. The van der Waals surface area contributed by atoms with Crippen LogP contribution in [0.1, 0.15) is 29.0 Å². The molecule has 7 nitrogen and oxygen atoms in total. The van der Waals surface area contributed by atoms with Crippen molar-refractivity contribution < 1.29 is 31.8 Å². The van der Waals surface area contributed by atoms with Crippen LogP contribution in [-0.2, 0) is 15.7 Å². The van der Waals surface area contributed by atoms with Gasteiger partial charge in [-0.2, -0.15) is 13.2 Å². The second-order valence-electron chi connectivity index (χ2n) is 6.94. The number of carbonyl (C=O) groups excluding carboxylic acids is 1. The number of hydrogen-bond acceptors (Lipinski definition) is 5. The molecule has 0 spiro atoms. The molecule has 2 aliphatic rings. The Morgan fingerprint density at radius 3 is 2.48 bits per heavy atom. The van der Waals surface area contributed by atoms with Crippen molar-refractivity contribution in [1.82, 2.24) is 19.9 Å². The van der Waals surface area contributed by atoms with E-state index in [0.717, 1.165) is 30.7 Å². The lowest BCUT2D eigenvalue weighted by molar-refractivity contribution is -0.143. The molecule has 1 atom stereocenters. The maximum absolute atomic E-state index is 13.8. The van der Waals surface area contributed by atoms with Gasteiger partial charge in [-0.25, -0.2) is 9.07 Å². The van der Waals surface area contributed by atoms with E-state index >= 15 is 0 Å². The van der Waals surface area contributed by atoms with Gasteiger partial charge in [0.05, 0.1) is 18.9 Å². The number of alkyl halides is 3. The van der Waals surface area contributed by atoms with Gasteiger partial charge in [0.25, 0.3) is 5.91 Å². The number of amides is 1. The molecule has 156 valence electrons. The number of ether oxygens (including phenoxy) is 2. The largest absolute Gasteiger partial charge is 0.435 e. The van der Waals surface area contributed by atoms with Gasteiger partial charge < -0.3 is 14.4 Å². The first-order valence-corrected chi connectivity index (χ1v) is 9.16. The molecule has 1 aromatic heterocycles. The lowest BCUT2D eigenvalue weighted by Gasteiger charge is -2.34. The van der Waals surface area contributed by atoms with Crippen LogP contribution < -0.4 is 0 Å². The fourth-order valence-electron chi connectivity index (χ4n) is 3.66. The summed E-state index contributed by atoms with van der Waals surface area (Å²) < 4.78 is 65.9. The van der Waals surface area contributed by atoms with E-state index in [0.29, 0.717) is 30.9 Å². The van der Waals surface area contributed by atoms with Gasteiger partial charge >= 0.3 is 6.18 Å². The van der Waals surface area contributed by atoms with Crippen LogP contribution >= 0.6 is 0 Å². The summed E-state index contributed by atoms with van der Waals surface area (Å²) in [6.07, 6.45) is -3.96. The minimum Gasteiger partial charge on any atom is -0.350 e. The molecule has 1 unspecified atom stereocenters. The van der Waals surface area contributed by atoms with Gasteiger partial charge in [-0.05, 0) is 37.1 Å². The Bertz CT molecular complexity index is 878. The number of hydrogen-bond donors (Lipinski definition) is 0. The van der Waals surface area contributed by atoms with Gasteiger partial charge in [-0.1, -0.05) is 5.21 Å². The minimum atomic E-state index is -4.88. The van der Waals surface area contributed by atoms with Crippen LogP contribution in [0.15, 0.2) is 24.3 Å². The summed E-state index contributed by atoms with van der Waals surface area (Å²) in [6.45, 7) is 1.44. The van der Waals surface area contributed by atoms with Gasteiger partial charge in [-0.15, -0.1) is 5.10 Å². The highest BCUT2D eigenvalue weighted by atomic mass is 19.4. The van der Waals surface area contributed by atoms with Crippen molar-refractivity contribution in [3.63, 3.8) is 0 Å². The third-order valence-corrected chi connectivity index (χ3v) is 4.99. The molecule has 3 heterocycles. The summed E-state index contributed by atoms with van der Waals surface area (Å²) in [4.78, 5) is 14.2. The SMILES string of the molecule is O=C(c1nnn(-c2ccc(F)cc2)c1C(F)(F)F)N1CCCC(C2OCCO2)C1. The van der Waals surface area contributed by atoms with Crippen molar-refractivity contribution in [2.45, 2.75) is 25.3 Å². The highest BCUT2D eigenvalue weighted by Gasteiger charge is 2.44. The van der Waals surface area contributed by atoms with Crippen LogP contribution in [0.25, 0.3) is 5.69 Å². The highest BCUT2D eigenvalue weighted by Crippen LogP contribution is 2.34. The summed E-state index contributed by atoms with van der Waals surface area (Å²) >= 11 is 0. The van der Waals surface area contributed by atoms with Crippen LogP contribution in [0, 0.1) is 11.7 Å². The molecule has 0 saturated carbocycles. The predicted octanol–water partition coefficient (Wildman–Crippen LogP) is 2.65. The van der Waals surface area contributed by atoms with Gasteiger partial charge in [0.15, 0.2) is 17.7 Å². The summed E-state index contributed by atoms with van der Waals surface area (Å²) in [5, 5.41) is 7.05. The van der Waals surface area contributed by atoms with Gasteiger partial charge in [0, 0.05) is 19.0 Å².